The lowest BCUT2D eigenvalue weighted by Crippen LogP contribution is -2.50. The second-order valence-corrected chi connectivity index (χ2v) is 21.7. The minimum absolute atomic E-state index is 0.0499. The van der Waals surface area contributed by atoms with Crippen LogP contribution in [0, 0.1) is 23.0 Å². The number of halogens is 3. The molecule has 0 spiro atoms. The summed E-state index contributed by atoms with van der Waals surface area (Å²) in [6.07, 6.45) is 7.30. The van der Waals surface area contributed by atoms with E-state index in [0.717, 1.165) is 101 Å². The van der Waals surface area contributed by atoms with E-state index in [2.05, 4.69) is 50.7 Å². The summed E-state index contributed by atoms with van der Waals surface area (Å²) in [7, 11) is 1.89. The summed E-state index contributed by atoms with van der Waals surface area (Å²) in [4.78, 5) is 57.5. The summed E-state index contributed by atoms with van der Waals surface area (Å²) < 4.78 is 46.5. The molecule has 4 aromatic carbocycles. The van der Waals surface area contributed by atoms with E-state index in [0.29, 0.717) is 30.4 Å². The standard InChI is InChI=1S/C56H65ClF2N8O7/c1-33-46-44(30-41(58)49(57)48(46)47-40(51(60)70)15-16-43(50(47)59)73-28-27-68)74-56(33,37-7-5-4-6-8-37)31-61-38-12-9-35(10-13-38)53(71)66-25-20-55(2,21-26-66)32-65-22-17-34(18-23-65)36-11-14-39-42(29-36)64(3)63-52(39)67-24-19-45(69)62-54(67)72/h4-8,11,14-16,29-30,33-35,38,61,68H,9-10,12-13,17-28,31-32H2,1-3H3,(H2,60,70)(H,62,69,72). The summed E-state index contributed by atoms with van der Waals surface area (Å²) >= 11 is 6.73. The first-order valence-electron chi connectivity index (χ1n) is 26.0. The number of nitrogens with zero attached hydrogens (tertiary/aromatic N) is 5. The molecule has 2 unspecified atom stereocenters. The maximum absolute atomic E-state index is 16.5. The highest BCUT2D eigenvalue weighted by Crippen LogP contribution is 2.56. The van der Waals surface area contributed by atoms with Crippen molar-refractivity contribution in [2.45, 2.75) is 95.1 Å². The number of aliphatic hydroxyl groups excluding tert-OH is 1. The molecule has 4 fully saturated rings. The molecule has 5 N–H and O–H groups in total. The molecule has 10 rings (SSSR count). The number of anilines is 1. The van der Waals surface area contributed by atoms with Crippen molar-refractivity contribution >= 4 is 52.1 Å². The van der Waals surface area contributed by atoms with Crippen LogP contribution in [0.1, 0.15) is 111 Å². The number of benzene rings is 4. The third kappa shape index (κ3) is 9.72. The Labute approximate surface area is 434 Å². The number of imide groups is 1. The number of urea groups is 1. The van der Waals surface area contributed by atoms with Crippen molar-refractivity contribution in [3.63, 3.8) is 0 Å². The van der Waals surface area contributed by atoms with Crippen molar-refractivity contribution < 1.29 is 42.5 Å². The zero-order chi connectivity index (χ0) is 52.1. The first-order valence-corrected chi connectivity index (χ1v) is 26.4. The summed E-state index contributed by atoms with van der Waals surface area (Å²) in [6, 6.07) is 19.4. The van der Waals surface area contributed by atoms with Gasteiger partial charge >= 0.3 is 6.03 Å². The number of ether oxygens (including phenoxy) is 2. The molecule has 4 aliphatic heterocycles. The van der Waals surface area contributed by atoms with E-state index in [1.807, 2.05) is 49.0 Å². The Morgan fingerprint density at radius 1 is 0.959 bits per heavy atom. The number of amides is 5. The predicted octanol–water partition coefficient (Wildman–Crippen LogP) is 8.14. The predicted molar refractivity (Wildman–Crippen MR) is 277 cm³/mol. The number of rotatable bonds is 14. The average molecular weight is 1040 g/mol. The number of likely N-dealkylation sites (tertiary alicyclic amines) is 2. The van der Waals surface area contributed by atoms with Gasteiger partial charge in [0.1, 0.15) is 18.2 Å². The minimum Gasteiger partial charge on any atom is -0.488 e. The van der Waals surface area contributed by atoms with Crippen molar-refractivity contribution in [1.82, 2.24) is 30.2 Å². The number of hydrogen-bond donors (Lipinski definition) is 4. The second-order valence-electron chi connectivity index (χ2n) is 21.4. The van der Waals surface area contributed by atoms with E-state index in [9.17, 15) is 24.3 Å². The van der Waals surface area contributed by atoms with E-state index in [1.165, 1.54) is 23.8 Å². The van der Waals surface area contributed by atoms with Gasteiger partial charge in [0.05, 0.1) is 22.7 Å². The number of nitrogens with two attached hydrogens (primary N) is 1. The Kier molecular flexibility index (Phi) is 14.5. The molecule has 5 amide bonds. The average Bonchev–Trinajstić information content (AvgIpc) is 3.88. The Morgan fingerprint density at radius 2 is 1.69 bits per heavy atom. The molecule has 18 heteroatoms. The van der Waals surface area contributed by atoms with Crippen molar-refractivity contribution in [2.24, 2.45) is 24.1 Å². The molecule has 3 saturated heterocycles. The minimum atomic E-state index is -1.10. The van der Waals surface area contributed by atoms with Crippen LogP contribution >= 0.6 is 11.6 Å². The van der Waals surface area contributed by atoms with Crippen LogP contribution in [0.5, 0.6) is 11.5 Å². The normalized spacial score (nSPS) is 23.4. The van der Waals surface area contributed by atoms with Crippen LogP contribution in [-0.4, -0.2) is 114 Å². The molecule has 74 heavy (non-hydrogen) atoms. The highest BCUT2D eigenvalue weighted by atomic mass is 35.5. The first-order chi connectivity index (χ1) is 35.6. The maximum Gasteiger partial charge on any atom is 0.329 e. The fraction of sp³-hybridized carbons (Fsp3) is 0.482. The maximum atomic E-state index is 16.5. The number of aryl methyl sites for hydroxylation is 1. The number of hydrogen-bond acceptors (Lipinski definition) is 10. The zero-order valence-corrected chi connectivity index (χ0v) is 43.0. The molecule has 5 heterocycles. The molecule has 1 aliphatic carbocycles. The molecule has 0 radical (unpaired) electrons. The topological polar surface area (TPSA) is 185 Å². The van der Waals surface area contributed by atoms with Gasteiger partial charge in [-0.3, -0.25) is 29.3 Å². The van der Waals surface area contributed by atoms with E-state index < -0.39 is 40.1 Å². The fourth-order valence-electron chi connectivity index (χ4n) is 12.5. The summed E-state index contributed by atoms with van der Waals surface area (Å²) in [6.45, 7) is 8.81. The molecule has 5 aliphatic rings. The number of carbonyl (C=O) groups is 4. The molecule has 392 valence electrons. The highest BCUT2D eigenvalue weighted by Gasteiger charge is 2.50. The molecular weight excluding hydrogens is 970 g/mol. The Bertz CT molecular complexity index is 2970. The van der Waals surface area contributed by atoms with Crippen LogP contribution in [0.3, 0.4) is 0 Å². The van der Waals surface area contributed by atoms with Gasteiger partial charge < -0.3 is 35.4 Å². The quantitative estimate of drug-likeness (QED) is 0.0847. The van der Waals surface area contributed by atoms with Gasteiger partial charge in [0.2, 0.25) is 17.7 Å². The lowest BCUT2D eigenvalue weighted by Gasteiger charge is -2.45. The van der Waals surface area contributed by atoms with Crippen LogP contribution in [0.25, 0.3) is 22.0 Å². The summed E-state index contributed by atoms with van der Waals surface area (Å²) in [5.74, 6) is -2.51. The van der Waals surface area contributed by atoms with Gasteiger partial charge in [-0.2, -0.15) is 5.10 Å². The molecular formula is C56H65ClF2N8O7. The monoisotopic (exact) mass is 1030 g/mol. The van der Waals surface area contributed by atoms with Crippen LogP contribution in [0.15, 0.2) is 66.7 Å². The Morgan fingerprint density at radius 3 is 2.38 bits per heavy atom. The van der Waals surface area contributed by atoms with Crippen LogP contribution in [-0.2, 0) is 22.2 Å². The van der Waals surface area contributed by atoms with Crippen molar-refractivity contribution in [3.05, 3.63) is 106 Å². The van der Waals surface area contributed by atoms with Gasteiger partial charge in [-0.05, 0) is 111 Å². The molecule has 1 saturated carbocycles. The number of aliphatic hydroxyl groups is 1. The molecule has 15 nitrogen and oxygen atoms in total. The zero-order valence-electron chi connectivity index (χ0n) is 42.2. The third-order valence-electron chi connectivity index (χ3n) is 16.7. The van der Waals surface area contributed by atoms with Crippen LogP contribution in [0.4, 0.5) is 19.4 Å². The molecule has 2 atom stereocenters. The van der Waals surface area contributed by atoms with Crippen molar-refractivity contribution in [1.29, 1.82) is 0 Å². The molecule has 1 aromatic heterocycles. The first kappa shape index (κ1) is 51.4. The number of piperidine rings is 2. The van der Waals surface area contributed by atoms with Crippen LogP contribution in [0.2, 0.25) is 5.02 Å². The second kappa shape index (κ2) is 20.9. The SMILES string of the molecule is CC1c2c(cc(F)c(Cl)c2-c2c(C(N)=O)ccc(OCCO)c2F)OC1(CNC1CCC(C(=O)N2CCC(C)(CN3CCC(c4ccc5c(N6CCC(=O)NC6=O)nn(C)c5c4)CC3)CC2)CC1)c1ccccc1. The number of primary amides is 1. The van der Waals surface area contributed by atoms with Gasteiger partial charge in [0.15, 0.2) is 23.0 Å². The van der Waals surface area contributed by atoms with E-state index in [4.69, 9.17) is 26.8 Å². The summed E-state index contributed by atoms with van der Waals surface area (Å²) in [5.41, 5.74) is 7.68. The van der Waals surface area contributed by atoms with Gasteiger partial charge in [0, 0.05) is 92.2 Å². The number of fused-ring (bicyclic) bond motifs is 2. The van der Waals surface area contributed by atoms with Gasteiger partial charge in [0.25, 0.3) is 0 Å². The van der Waals surface area contributed by atoms with Crippen molar-refractivity contribution in [2.75, 3.05) is 63.9 Å². The highest BCUT2D eigenvalue weighted by molar-refractivity contribution is 6.34. The molecule has 5 aromatic rings. The van der Waals surface area contributed by atoms with E-state index in [-0.39, 0.29) is 77.0 Å². The lowest BCUT2D eigenvalue weighted by molar-refractivity contribution is -0.139. The third-order valence-corrected chi connectivity index (χ3v) is 17.1. The Hall–Kier alpha value is -6.14. The van der Waals surface area contributed by atoms with Gasteiger partial charge in [-0.25, -0.2) is 13.6 Å². The van der Waals surface area contributed by atoms with E-state index in [1.54, 1.807) is 4.90 Å². The largest absolute Gasteiger partial charge is 0.488 e. The van der Waals surface area contributed by atoms with Gasteiger partial charge in [-0.1, -0.05) is 61.8 Å². The van der Waals surface area contributed by atoms with Gasteiger partial charge in [-0.15, -0.1) is 0 Å². The fourth-order valence-corrected chi connectivity index (χ4v) is 12.7. The smallest absolute Gasteiger partial charge is 0.329 e. The number of carbonyl (C=O) groups excluding carboxylic acids is 4. The van der Waals surface area contributed by atoms with E-state index >= 15 is 8.78 Å². The van der Waals surface area contributed by atoms with Crippen molar-refractivity contribution in [3.8, 4) is 22.6 Å². The number of nitrogens with one attached hydrogen (secondary N) is 2. The summed E-state index contributed by atoms with van der Waals surface area (Å²) in [5, 5.41) is 20.7. The number of aromatic nitrogens is 2. The molecule has 0 bridgehead atoms. The Balaban J connectivity index is 0.741. The van der Waals surface area contributed by atoms with Crippen LogP contribution < -0.4 is 30.7 Å². The lowest BCUT2D eigenvalue weighted by atomic mass is 9.76.